The van der Waals surface area contributed by atoms with Crippen molar-refractivity contribution in [3.63, 3.8) is 0 Å². The Balaban J connectivity index is 1.95. The minimum absolute atomic E-state index is 0.0281. The molecule has 0 radical (unpaired) electrons. The summed E-state index contributed by atoms with van der Waals surface area (Å²) in [7, 11) is 1.64. The van der Waals surface area contributed by atoms with Gasteiger partial charge in [-0.1, -0.05) is 12.1 Å². The summed E-state index contributed by atoms with van der Waals surface area (Å²) in [5.74, 6) is -0.332. The molecule has 1 aliphatic rings. The molecule has 1 saturated heterocycles. The van der Waals surface area contributed by atoms with Crippen molar-refractivity contribution in [2.24, 2.45) is 5.92 Å². The first-order valence-corrected chi connectivity index (χ1v) is 6.95. The second-order valence-electron chi connectivity index (χ2n) is 5.06. The predicted octanol–water partition coefficient (Wildman–Crippen LogP) is 1.28. The summed E-state index contributed by atoms with van der Waals surface area (Å²) in [6.07, 6.45) is 0.799. The smallest absolute Gasteiger partial charge is 0.225 e. The lowest BCUT2D eigenvalue weighted by molar-refractivity contribution is -0.124. The molecule has 1 aromatic rings. The Labute approximate surface area is 118 Å². The number of methoxy groups -OCH3 is 1. The van der Waals surface area contributed by atoms with E-state index in [1.807, 2.05) is 6.07 Å². The van der Waals surface area contributed by atoms with Crippen LogP contribution in [0.15, 0.2) is 24.3 Å². The first-order chi connectivity index (χ1) is 9.72. The summed E-state index contributed by atoms with van der Waals surface area (Å²) in [6.45, 7) is 2.59. The number of rotatable bonds is 6. The second kappa shape index (κ2) is 7.36. The highest BCUT2D eigenvalue weighted by Gasteiger charge is 2.33. The van der Waals surface area contributed by atoms with Gasteiger partial charge in [-0.3, -0.25) is 4.79 Å². The highest BCUT2D eigenvalue weighted by Crippen LogP contribution is 2.28. The predicted molar refractivity (Wildman–Crippen MR) is 75.0 cm³/mol. The van der Waals surface area contributed by atoms with Gasteiger partial charge in [0, 0.05) is 39.3 Å². The van der Waals surface area contributed by atoms with Gasteiger partial charge in [0.1, 0.15) is 5.82 Å². The van der Waals surface area contributed by atoms with Gasteiger partial charge in [0.05, 0.1) is 5.92 Å². The Morgan fingerprint density at radius 1 is 1.50 bits per heavy atom. The molecular formula is C15H21FN2O2. The van der Waals surface area contributed by atoms with Gasteiger partial charge >= 0.3 is 0 Å². The van der Waals surface area contributed by atoms with Gasteiger partial charge in [-0.15, -0.1) is 0 Å². The molecule has 1 aromatic carbocycles. The van der Waals surface area contributed by atoms with Gasteiger partial charge in [0.2, 0.25) is 5.91 Å². The molecular weight excluding hydrogens is 259 g/mol. The van der Waals surface area contributed by atoms with E-state index in [1.54, 1.807) is 13.2 Å². The van der Waals surface area contributed by atoms with E-state index >= 15 is 0 Å². The molecule has 1 aliphatic heterocycles. The number of benzene rings is 1. The largest absolute Gasteiger partial charge is 0.385 e. The van der Waals surface area contributed by atoms with Crippen molar-refractivity contribution in [3.8, 4) is 0 Å². The van der Waals surface area contributed by atoms with Gasteiger partial charge in [-0.25, -0.2) is 4.39 Å². The van der Waals surface area contributed by atoms with Gasteiger partial charge in [0.25, 0.3) is 0 Å². The summed E-state index contributed by atoms with van der Waals surface area (Å²) in [4.78, 5) is 12.2. The average Bonchev–Trinajstić information content (AvgIpc) is 2.93. The van der Waals surface area contributed by atoms with Crippen molar-refractivity contribution in [2.75, 3.05) is 33.4 Å². The molecule has 4 nitrogen and oxygen atoms in total. The standard InChI is InChI=1S/C15H21FN2O2/c1-20-7-3-6-18-15(19)14-10-17-9-13(14)11-4-2-5-12(16)8-11/h2,4-5,8,13-14,17H,3,6-7,9-10H2,1H3,(H,18,19). The van der Waals surface area contributed by atoms with E-state index in [9.17, 15) is 9.18 Å². The zero-order valence-corrected chi connectivity index (χ0v) is 11.7. The lowest BCUT2D eigenvalue weighted by Crippen LogP contribution is -2.35. The van der Waals surface area contributed by atoms with Gasteiger partial charge < -0.3 is 15.4 Å². The minimum atomic E-state index is -0.256. The van der Waals surface area contributed by atoms with Crippen LogP contribution in [0.3, 0.4) is 0 Å². The zero-order chi connectivity index (χ0) is 14.4. The Hall–Kier alpha value is -1.46. The molecule has 20 heavy (non-hydrogen) atoms. The number of halogens is 1. The summed E-state index contributed by atoms with van der Waals surface area (Å²) in [5, 5.41) is 6.14. The fourth-order valence-corrected chi connectivity index (χ4v) is 2.60. The Bertz CT molecular complexity index is 453. The maximum Gasteiger partial charge on any atom is 0.225 e. The number of amides is 1. The van der Waals surface area contributed by atoms with Crippen molar-refractivity contribution in [1.82, 2.24) is 10.6 Å². The minimum Gasteiger partial charge on any atom is -0.385 e. The van der Waals surface area contributed by atoms with Crippen molar-refractivity contribution < 1.29 is 13.9 Å². The zero-order valence-electron chi connectivity index (χ0n) is 11.7. The average molecular weight is 280 g/mol. The Morgan fingerprint density at radius 2 is 2.35 bits per heavy atom. The molecule has 0 bridgehead atoms. The third kappa shape index (κ3) is 3.77. The molecule has 2 unspecified atom stereocenters. The first kappa shape index (κ1) is 14.9. The van der Waals surface area contributed by atoms with Crippen molar-refractivity contribution in [2.45, 2.75) is 12.3 Å². The van der Waals surface area contributed by atoms with Crippen LogP contribution in [0.25, 0.3) is 0 Å². The lowest BCUT2D eigenvalue weighted by atomic mass is 9.88. The normalized spacial score (nSPS) is 21.9. The molecule has 110 valence electrons. The molecule has 2 N–H and O–H groups in total. The van der Waals surface area contributed by atoms with Crippen LogP contribution in [0.2, 0.25) is 0 Å². The van der Waals surface area contributed by atoms with E-state index in [2.05, 4.69) is 10.6 Å². The van der Waals surface area contributed by atoms with Crippen LogP contribution < -0.4 is 10.6 Å². The van der Waals surface area contributed by atoms with Gasteiger partial charge in [-0.2, -0.15) is 0 Å². The molecule has 0 saturated carbocycles. The first-order valence-electron chi connectivity index (χ1n) is 6.95. The Kier molecular flexibility index (Phi) is 5.49. The molecule has 1 heterocycles. The van der Waals surface area contributed by atoms with E-state index in [4.69, 9.17) is 4.74 Å². The van der Waals surface area contributed by atoms with Crippen LogP contribution in [0.4, 0.5) is 4.39 Å². The number of hydrogen-bond donors (Lipinski definition) is 2. The maximum absolute atomic E-state index is 13.3. The topological polar surface area (TPSA) is 50.4 Å². The number of hydrogen-bond acceptors (Lipinski definition) is 3. The third-order valence-corrected chi connectivity index (χ3v) is 3.65. The van der Waals surface area contributed by atoms with Crippen molar-refractivity contribution >= 4 is 5.91 Å². The summed E-state index contributed by atoms with van der Waals surface area (Å²) < 4.78 is 18.2. The molecule has 0 aliphatic carbocycles. The van der Waals surface area contributed by atoms with Crippen LogP contribution in [-0.2, 0) is 9.53 Å². The Morgan fingerprint density at radius 3 is 3.10 bits per heavy atom. The molecule has 2 atom stereocenters. The number of ether oxygens (including phenoxy) is 1. The van der Waals surface area contributed by atoms with E-state index in [1.165, 1.54) is 12.1 Å². The quantitative estimate of drug-likeness (QED) is 0.772. The molecule has 2 rings (SSSR count). The number of carbonyl (C=O) groups is 1. The SMILES string of the molecule is COCCCNC(=O)C1CNCC1c1cccc(F)c1. The monoisotopic (exact) mass is 280 g/mol. The molecule has 0 spiro atoms. The van der Waals surface area contributed by atoms with Gasteiger partial charge in [0.15, 0.2) is 0 Å². The molecule has 5 heteroatoms. The summed E-state index contributed by atoms with van der Waals surface area (Å²) in [6, 6.07) is 6.51. The molecule has 0 aromatic heterocycles. The lowest BCUT2D eigenvalue weighted by Gasteiger charge is -2.18. The second-order valence-corrected chi connectivity index (χ2v) is 5.06. The molecule has 1 fully saturated rings. The van der Waals surface area contributed by atoms with Crippen LogP contribution in [0.5, 0.6) is 0 Å². The van der Waals surface area contributed by atoms with Crippen LogP contribution in [-0.4, -0.2) is 39.3 Å². The summed E-state index contributed by atoms with van der Waals surface area (Å²) >= 11 is 0. The number of nitrogens with one attached hydrogen (secondary N) is 2. The fourth-order valence-electron chi connectivity index (χ4n) is 2.60. The highest BCUT2D eigenvalue weighted by atomic mass is 19.1. The molecule has 1 amide bonds. The number of carbonyl (C=O) groups excluding carboxylic acids is 1. The van der Waals surface area contributed by atoms with E-state index in [-0.39, 0.29) is 23.6 Å². The van der Waals surface area contributed by atoms with Gasteiger partial charge in [-0.05, 0) is 24.1 Å². The van der Waals surface area contributed by atoms with Crippen molar-refractivity contribution in [3.05, 3.63) is 35.6 Å². The van der Waals surface area contributed by atoms with E-state index in [0.717, 1.165) is 12.0 Å². The summed E-state index contributed by atoms with van der Waals surface area (Å²) in [5.41, 5.74) is 0.882. The van der Waals surface area contributed by atoms with Crippen LogP contribution in [0.1, 0.15) is 17.9 Å². The van der Waals surface area contributed by atoms with Crippen molar-refractivity contribution in [1.29, 1.82) is 0 Å². The maximum atomic E-state index is 13.3. The fraction of sp³-hybridized carbons (Fsp3) is 0.533. The van der Waals surface area contributed by atoms with E-state index in [0.29, 0.717) is 26.2 Å². The van der Waals surface area contributed by atoms with Crippen LogP contribution in [0, 0.1) is 11.7 Å². The van der Waals surface area contributed by atoms with Crippen LogP contribution >= 0.6 is 0 Å². The third-order valence-electron chi connectivity index (χ3n) is 3.65. The highest BCUT2D eigenvalue weighted by molar-refractivity contribution is 5.80. The van der Waals surface area contributed by atoms with E-state index < -0.39 is 0 Å².